The van der Waals surface area contributed by atoms with Crippen molar-refractivity contribution in [2.75, 3.05) is 6.61 Å². The van der Waals surface area contributed by atoms with Crippen molar-refractivity contribution >= 4 is 0 Å². The number of benzene rings is 1. The first kappa shape index (κ1) is 12.9. The highest BCUT2D eigenvalue weighted by Crippen LogP contribution is 2.17. The highest BCUT2D eigenvalue weighted by Gasteiger charge is 2.05. The molecule has 1 aromatic rings. The Hall–Kier alpha value is -1.16. The van der Waals surface area contributed by atoms with Crippen molar-refractivity contribution in [2.24, 2.45) is 5.73 Å². The molecule has 1 unspecified atom stereocenters. The van der Waals surface area contributed by atoms with Gasteiger partial charge in [-0.1, -0.05) is 6.92 Å². The van der Waals surface area contributed by atoms with Crippen LogP contribution in [0, 0.1) is 11.6 Å². The summed E-state index contributed by atoms with van der Waals surface area (Å²) in [5.41, 5.74) is 5.72. The maximum atomic E-state index is 13.1. The molecular weight excluding hydrogens is 212 g/mol. The summed E-state index contributed by atoms with van der Waals surface area (Å²) in [6, 6.07) is 3.45. The van der Waals surface area contributed by atoms with Crippen LogP contribution in [-0.2, 0) is 0 Å². The summed E-state index contributed by atoms with van der Waals surface area (Å²) in [4.78, 5) is 0. The van der Waals surface area contributed by atoms with Gasteiger partial charge in [-0.3, -0.25) is 0 Å². The lowest BCUT2D eigenvalue weighted by Crippen LogP contribution is -2.19. The van der Waals surface area contributed by atoms with Crippen LogP contribution in [-0.4, -0.2) is 12.6 Å². The second-order valence-corrected chi connectivity index (χ2v) is 3.73. The first-order valence-electron chi connectivity index (χ1n) is 5.47. The standard InChI is InChI=1S/C12H17F2NO/c1-2-10(15)4-3-7-16-12-6-5-9(13)8-11(12)14/h5-6,8,10H,2-4,7,15H2,1H3. The fourth-order valence-electron chi connectivity index (χ4n) is 1.32. The summed E-state index contributed by atoms with van der Waals surface area (Å²) in [6.45, 7) is 2.42. The highest BCUT2D eigenvalue weighted by atomic mass is 19.1. The third-order valence-electron chi connectivity index (χ3n) is 2.40. The summed E-state index contributed by atoms with van der Waals surface area (Å²) in [7, 11) is 0. The summed E-state index contributed by atoms with van der Waals surface area (Å²) in [5, 5.41) is 0. The normalized spacial score (nSPS) is 12.5. The number of nitrogens with two attached hydrogens (primary N) is 1. The van der Waals surface area contributed by atoms with Gasteiger partial charge in [0.25, 0.3) is 0 Å². The maximum absolute atomic E-state index is 13.1. The van der Waals surface area contributed by atoms with E-state index in [9.17, 15) is 8.78 Å². The molecule has 0 saturated carbocycles. The molecule has 0 heterocycles. The molecule has 0 fully saturated rings. The Labute approximate surface area is 94.4 Å². The van der Waals surface area contributed by atoms with Crippen LogP contribution in [0.5, 0.6) is 5.75 Å². The third-order valence-corrected chi connectivity index (χ3v) is 2.40. The van der Waals surface area contributed by atoms with Gasteiger partial charge in [0, 0.05) is 12.1 Å². The molecule has 0 aliphatic rings. The Balaban J connectivity index is 2.32. The molecule has 2 N–H and O–H groups in total. The topological polar surface area (TPSA) is 35.2 Å². The van der Waals surface area contributed by atoms with E-state index in [1.165, 1.54) is 12.1 Å². The zero-order valence-electron chi connectivity index (χ0n) is 9.38. The second kappa shape index (κ2) is 6.43. The smallest absolute Gasteiger partial charge is 0.167 e. The molecule has 1 atom stereocenters. The van der Waals surface area contributed by atoms with Gasteiger partial charge in [-0.05, 0) is 31.4 Å². The number of ether oxygens (including phenoxy) is 1. The zero-order valence-corrected chi connectivity index (χ0v) is 9.38. The largest absolute Gasteiger partial charge is 0.491 e. The Kier molecular flexibility index (Phi) is 5.19. The molecule has 0 bridgehead atoms. The second-order valence-electron chi connectivity index (χ2n) is 3.73. The van der Waals surface area contributed by atoms with E-state index in [4.69, 9.17) is 10.5 Å². The van der Waals surface area contributed by atoms with E-state index in [1.54, 1.807) is 0 Å². The lowest BCUT2D eigenvalue weighted by molar-refractivity contribution is 0.286. The van der Waals surface area contributed by atoms with Crippen molar-refractivity contribution in [3.63, 3.8) is 0 Å². The Morgan fingerprint density at radius 2 is 2.12 bits per heavy atom. The number of hydrogen-bond donors (Lipinski definition) is 1. The van der Waals surface area contributed by atoms with E-state index in [0.717, 1.165) is 25.3 Å². The van der Waals surface area contributed by atoms with Crippen molar-refractivity contribution < 1.29 is 13.5 Å². The van der Waals surface area contributed by atoms with Gasteiger partial charge in [0.1, 0.15) is 5.82 Å². The molecule has 0 spiro atoms. The van der Waals surface area contributed by atoms with Crippen LogP contribution in [0.2, 0.25) is 0 Å². The van der Waals surface area contributed by atoms with Crippen molar-refractivity contribution in [1.29, 1.82) is 0 Å². The van der Waals surface area contributed by atoms with Gasteiger partial charge in [-0.2, -0.15) is 0 Å². The minimum atomic E-state index is -0.667. The van der Waals surface area contributed by atoms with E-state index < -0.39 is 11.6 Å². The van der Waals surface area contributed by atoms with Crippen molar-refractivity contribution in [2.45, 2.75) is 32.2 Å². The first-order chi connectivity index (χ1) is 7.63. The quantitative estimate of drug-likeness (QED) is 0.761. The van der Waals surface area contributed by atoms with Crippen molar-refractivity contribution in [3.05, 3.63) is 29.8 Å². The highest BCUT2D eigenvalue weighted by molar-refractivity contribution is 5.24. The fourth-order valence-corrected chi connectivity index (χ4v) is 1.32. The summed E-state index contributed by atoms with van der Waals surface area (Å²) in [6.07, 6.45) is 2.54. The van der Waals surface area contributed by atoms with Crippen LogP contribution in [0.25, 0.3) is 0 Å². The summed E-state index contributed by atoms with van der Waals surface area (Å²) < 4.78 is 30.9. The van der Waals surface area contributed by atoms with Gasteiger partial charge in [-0.25, -0.2) is 8.78 Å². The average Bonchev–Trinajstić information content (AvgIpc) is 2.26. The lowest BCUT2D eigenvalue weighted by Gasteiger charge is -2.10. The Morgan fingerprint density at radius 1 is 1.38 bits per heavy atom. The number of hydrogen-bond acceptors (Lipinski definition) is 2. The molecule has 2 nitrogen and oxygen atoms in total. The Morgan fingerprint density at radius 3 is 2.75 bits per heavy atom. The molecule has 0 radical (unpaired) electrons. The zero-order chi connectivity index (χ0) is 12.0. The third kappa shape index (κ3) is 4.14. The van der Waals surface area contributed by atoms with Gasteiger partial charge in [0.2, 0.25) is 0 Å². The fraction of sp³-hybridized carbons (Fsp3) is 0.500. The molecule has 0 aromatic heterocycles. The predicted octanol–water partition coefficient (Wildman–Crippen LogP) is 2.86. The van der Waals surface area contributed by atoms with Crippen molar-refractivity contribution in [3.8, 4) is 5.75 Å². The monoisotopic (exact) mass is 229 g/mol. The van der Waals surface area contributed by atoms with E-state index in [0.29, 0.717) is 6.61 Å². The van der Waals surface area contributed by atoms with E-state index in [2.05, 4.69) is 0 Å². The molecule has 0 aliphatic heterocycles. The minimum absolute atomic E-state index is 0.0893. The van der Waals surface area contributed by atoms with Gasteiger partial charge < -0.3 is 10.5 Å². The number of halogens is 2. The minimum Gasteiger partial charge on any atom is -0.491 e. The molecular formula is C12H17F2NO. The maximum Gasteiger partial charge on any atom is 0.167 e. The van der Waals surface area contributed by atoms with E-state index in [-0.39, 0.29) is 11.8 Å². The number of rotatable bonds is 6. The summed E-state index contributed by atoms with van der Waals surface area (Å²) in [5.74, 6) is -1.18. The molecule has 1 aromatic carbocycles. The molecule has 4 heteroatoms. The first-order valence-corrected chi connectivity index (χ1v) is 5.47. The van der Waals surface area contributed by atoms with Crippen LogP contribution < -0.4 is 10.5 Å². The van der Waals surface area contributed by atoms with E-state index in [1.807, 2.05) is 6.92 Å². The molecule has 0 aliphatic carbocycles. The molecule has 90 valence electrons. The van der Waals surface area contributed by atoms with Crippen LogP contribution >= 0.6 is 0 Å². The molecule has 0 saturated heterocycles. The average molecular weight is 229 g/mol. The molecule has 0 amide bonds. The predicted molar refractivity (Wildman–Crippen MR) is 59.4 cm³/mol. The van der Waals surface area contributed by atoms with Gasteiger partial charge >= 0.3 is 0 Å². The summed E-state index contributed by atoms with van der Waals surface area (Å²) >= 11 is 0. The lowest BCUT2D eigenvalue weighted by atomic mass is 10.1. The van der Waals surface area contributed by atoms with Gasteiger partial charge in [-0.15, -0.1) is 0 Å². The molecule has 16 heavy (non-hydrogen) atoms. The van der Waals surface area contributed by atoms with Crippen LogP contribution in [0.3, 0.4) is 0 Å². The molecule has 1 rings (SSSR count). The SMILES string of the molecule is CCC(N)CCCOc1ccc(F)cc1F. The van der Waals surface area contributed by atoms with Crippen LogP contribution in [0.4, 0.5) is 8.78 Å². The van der Waals surface area contributed by atoms with Crippen LogP contribution in [0.15, 0.2) is 18.2 Å². The van der Waals surface area contributed by atoms with Gasteiger partial charge in [0.15, 0.2) is 11.6 Å². The van der Waals surface area contributed by atoms with Gasteiger partial charge in [0.05, 0.1) is 6.61 Å². The van der Waals surface area contributed by atoms with Crippen LogP contribution in [0.1, 0.15) is 26.2 Å². The van der Waals surface area contributed by atoms with Crippen molar-refractivity contribution in [1.82, 2.24) is 0 Å². The van der Waals surface area contributed by atoms with E-state index >= 15 is 0 Å². The Bertz CT molecular complexity index is 331.